The lowest BCUT2D eigenvalue weighted by atomic mass is 10.1. The zero-order chi connectivity index (χ0) is 23.6. The highest BCUT2D eigenvalue weighted by Crippen LogP contribution is 2.48. The molecule has 6 rings (SSSR count). The Morgan fingerprint density at radius 3 is 2.65 bits per heavy atom. The van der Waals surface area contributed by atoms with Crippen molar-refractivity contribution in [3.63, 3.8) is 0 Å². The first-order valence-corrected chi connectivity index (χ1v) is 11.6. The van der Waals surface area contributed by atoms with Crippen LogP contribution in [0, 0.1) is 11.7 Å². The number of likely N-dealkylation sites (tertiary alicyclic amines) is 1. The summed E-state index contributed by atoms with van der Waals surface area (Å²) in [6.45, 7) is -0.119. The van der Waals surface area contributed by atoms with Crippen molar-refractivity contribution in [2.45, 2.75) is 50.2 Å². The molecule has 8 nitrogen and oxygen atoms in total. The van der Waals surface area contributed by atoms with Crippen LogP contribution in [0.15, 0.2) is 42.5 Å². The van der Waals surface area contributed by atoms with Gasteiger partial charge in [-0.05, 0) is 55.2 Å². The summed E-state index contributed by atoms with van der Waals surface area (Å²) in [4.78, 5) is 39.9. The number of amides is 3. The van der Waals surface area contributed by atoms with E-state index in [1.165, 1.54) is 4.68 Å². The number of halogens is 1. The molecule has 1 unspecified atom stereocenters. The molecule has 3 atom stereocenters. The third-order valence-corrected chi connectivity index (χ3v) is 7.18. The normalized spacial score (nSPS) is 23.1. The number of hydrogen-bond donors (Lipinski definition) is 2. The number of primary amides is 1. The standard InChI is InChI=1S/C25H24FN5O3/c26-22-15(13-8-9-13)5-3-6-17(22)28-25(34)20-11-14-10-19(14)31(20)21(32)12-30-18-7-2-1-4-16(18)23(29-30)24(27)33/h1-7,13-14,19-20H,8-12H2,(H2,27,33)(H,28,34)/t14?,19-,20+/m1/s1. The molecule has 1 aromatic heterocycles. The molecule has 2 aliphatic carbocycles. The highest BCUT2D eigenvalue weighted by Gasteiger charge is 2.56. The fourth-order valence-corrected chi connectivity index (χ4v) is 5.26. The van der Waals surface area contributed by atoms with Crippen molar-refractivity contribution >= 4 is 34.3 Å². The minimum absolute atomic E-state index is 0.00309. The zero-order valence-corrected chi connectivity index (χ0v) is 18.4. The van der Waals surface area contributed by atoms with Crippen LogP contribution in [0.2, 0.25) is 0 Å². The van der Waals surface area contributed by atoms with Crippen molar-refractivity contribution in [3.05, 3.63) is 59.5 Å². The molecule has 2 aromatic carbocycles. The van der Waals surface area contributed by atoms with Crippen LogP contribution < -0.4 is 11.1 Å². The van der Waals surface area contributed by atoms with E-state index in [1.807, 2.05) is 0 Å². The number of nitrogens with zero attached hydrogens (tertiary/aromatic N) is 3. The predicted molar refractivity (Wildman–Crippen MR) is 122 cm³/mol. The predicted octanol–water partition coefficient (Wildman–Crippen LogP) is 2.78. The Balaban J connectivity index is 1.23. The molecule has 0 radical (unpaired) electrons. The van der Waals surface area contributed by atoms with E-state index in [0.717, 1.165) is 19.3 Å². The van der Waals surface area contributed by atoms with Gasteiger partial charge in [-0.3, -0.25) is 19.1 Å². The Morgan fingerprint density at radius 1 is 1.09 bits per heavy atom. The lowest BCUT2D eigenvalue weighted by Gasteiger charge is -2.27. The van der Waals surface area contributed by atoms with Crippen LogP contribution in [0.3, 0.4) is 0 Å². The van der Waals surface area contributed by atoms with E-state index < -0.39 is 11.9 Å². The lowest BCUT2D eigenvalue weighted by molar-refractivity contribution is -0.138. The largest absolute Gasteiger partial charge is 0.364 e. The second-order valence-corrected chi connectivity index (χ2v) is 9.48. The zero-order valence-electron chi connectivity index (χ0n) is 18.4. The van der Waals surface area contributed by atoms with Gasteiger partial charge in [0.25, 0.3) is 5.91 Å². The van der Waals surface area contributed by atoms with Crippen LogP contribution >= 0.6 is 0 Å². The van der Waals surface area contributed by atoms with E-state index in [2.05, 4.69) is 10.4 Å². The summed E-state index contributed by atoms with van der Waals surface area (Å²) in [7, 11) is 0. The first-order chi connectivity index (χ1) is 16.4. The molecule has 3 fully saturated rings. The van der Waals surface area contributed by atoms with Gasteiger partial charge in [-0.1, -0.05) is 30.3 Å². The Morgan fingerprint density at radius 2 is 1.88 bits per heavy atom. The number of benzene rings is 2. The van der Waals surface area contributed by atoms with Gasteiger partial charge in [0.05, 0.1) is 11.2 Å². The van der Waals surface area contributed by atoms with Gasteiger partial charge in [0.15, 0.2) is 5.69 Å². The molecule has 1 aliphatic heterocycles. The molecule has 3 aliphatic rings. The minimum Gasteiger partial charge on any atom is -0.364 e. The van der Waals surface area contributed by atoms with Crippen molar-refractivity contribution in [3.8, 4) is 0 Å². The molecule has 3 N–H and O–H groups in total. The molecular formula is C25H24FN5O3. The number of carbonyl (C=O) groups is 3. The van der Waals surface area contributed by atoms with E-state index in [-0.39, 0.29) is 53.4 Å². The number of nitrogens with one attached hydrogen (secondary N) is 1. The van der Waals surface area contributed by atoms with Crippen LogP contribution in [0.25, 0.3) is 10.9 Å². The molecular weight excluding hydrogens is 437 g/mol. The van der Waals surface area contributed by atoms with Gasteiger partial charge in [0, 0.05) is 11.4 Å². The van der Waals surface area contributed by atoms with Crippen LogP contribution in [0.1, 0.15) is 47.7 Å². The molecule has 0 bridgehead atoms. The third kappa shape index (κ3) is 3.43. The second-order valence-electron chi connectivity index (χ2n) is 9.48. The van der Waals surface area contributed by atoms with Crippen molar-refractivity contribution in [2.75, 3.05) is 5.32 Å². The molecule has 3 amide bonds. The summed E-state index contributed by atoms with van der Waals surface area (Å²) in [5.41, 5.74) is 6.98. The number of piperidine rings is 1. The number of carbonyl (C=O) groups excluding carboxylic acids is 3. The fourth-order valence-electron chi connectivity index (χ4n) is 5.26. The number of para-hydroxylation sites is 1. The molecule has 3 aromatic rings. The maximum absolute atomic E-state index is 14.9. The summed E-state index contributed by atoms with van der Waals surface area (Å²) in [5, 5.41) is 7.56. The van der Waals surface area contributed by atoms with E-state index in [1.54, 1.807) is 47.4 Å². The van der Waals surface area contributed by atoms with Gasteiger partial charge in [0.2, 0.25) is 11.8 Å². The average Bonchev–Trinajstić information content (AvgIpc) is 3.74. The number of anilines is 1. The monoisotopic (exact) mass is 461 g/mol. The quantitative estimate of drug-likeness (QED) is 0.588. The van der Waals surface area contributed by atoms with Gasteiger partial charge >= 0.3 is 0 Å². The van der Waals surface area contributed by atoms with Crippen molar-refractivity contribution in [2.24, 2.45) is 11.7 Å². The van der Waals surface area contributed by atoms with E-state index >= 15 is 0 Å². The van der Waals surface area contributed by atoms with E-state index in [4.69, 9.17) is 5.73 Å². The lowest BCUT2D eigenvalue weighted by Crippen LogP contribution is -2.46. The first kappa shape index (κ1) is 20.8. The third-order valence-electron chi connectivity index (χ3n) is 7.18. The SMILES string of the molecule is NC(=O)c1nn(CC(=O)N2[C@@H]3CC3C[C@H]2C(=O)Nc2cccc(C3CC3)c2F)c2ccccc12. The van der Waals surface area contributed by atoms with Gasteiger partial charge < -0.3 is 16.0 Å². The molecule has 0 spiro atoms. The Bertz CT molecular complexity index is 1350. The number of hydrogen-bond acceptors (Lipinski definition) is 4. The van der Waals surface area contributed by atoms with Gasteiger partial charge in [-0.2, -0.15) is 5.10 Å². The van der Waals surface area contributed by atoms with Crippen molar-refractivity contribution in [1.29, 1.82) is 0 Å². The highest BCUT2D eigenvalue weighted by atomic mass is 19.1. The summed E-state index contributed by atoms with van der Waals surface area (Å²) < 4.78 is 16.4. The van der Waals surface area contributed by atoms with Gasteiger partial charge in [-0.15, -0.1) is 0 Å². The first-order valence-electron chi connectivity index (χ1n) is 11.6. The molecule has 1 saturated heterocycles. The van der Waals surface area contributed by atoms with Gasteiger partial charge in [-0.25, -0.2) is 4.39 Å². The topological polar surface area (TPSA) is 110 Å². The van der Waals surface area contributed by atoms with Gasteiger partial charge in [0.1, 0.15) is 18.4 Å². The van der Waals surface area contributed by atoms with E-state index in [9.17, 15) is 18.8 Å². The number of nitrogens with two attached hydrogens (primary N) is 1. The molecule has 2 saturated carbocycles. The number of aromatic nitrogens is 2. The van der Waals surface area contributed by atoms with Crippen molar-refractivity contribution in [1.82, 2.24) is 14.7 Å². The highest BCUT2D eigenvalue weighted by molar-refractivity contribution is 6.04. The summed E-state index contributed by atoms with van der Waals surface area (Å²) in [6, 6.07) is 11.5. The maximum Gasteiger partial charge on any atom is 0.269 e. The van der Waals surface area contributed by atoms with Crippen LogP contribution in [0.5, 0.6) is 0 Å². The minimum atomic E-state index is -0.669. The molecule has 9 heteroatoms. The fraction of sp³-hybridized carbons (Fsp3) is 0.360. The van der Waals surface area contributed by atoms with Crippen LogP contribution in [-0.4, -0.2) is 44.5 Å². The number of rotatable bonds is 6. The maximum atomic E-state index is 14.9. The second kappa shape index (κ2) is 7.65. The average molecular weight is 461 g/mol. The van der Waals surface area contributed by atoms with Crippen molar-refractivity contribution < 1.29 is 18.8 Å². The van der Waals surface area contributed by atoms with Crippen LogP contribution in [-0.2, 0) is 16.1 Å². The molecule has 2 heterocycles. The Kier molecular flexibility index (Phi) is 4.68. The summed E-state index contributed by atoms with van der Waals surface area (Å²) >= 11 is 0. The smallest absolute Gasteiger partial charge is 0.269 e. The number of fused-ring (bicyclic) bond motifs is 2. The molecule has 174 valence electrons. The Hall–Kier alpha value is -3.75. The summed E-state index contributed by atoms with van der Waals surface area (Å²) in [5.74, 6) is -1.20. The Labute approximate surface area is 194 Å². The van der Waals surface area contributed by atoms with E-state index in [0.29, 0.717) is 22.9 Å². The molecule has 34 heavy (non-hydrogen) atoms. The summed E-state index contributed by atoms with van der Waals surface area (Å²) in [6.07, 6.45) is 3.33. The van der Waals surface area contributed by atoms with Crippen LogP contribution in [0.4, 0.5) is 10.1 Å².